The molecule has 2 aliphatic rings. The Balaban J connectivity index is 1.89. The maximum Gasteiger partial charge on any atom is 0.344 e. The first-order valence-corrected chi connectivity index (χ1v) is 9.78. The number of aliphatic carboxylic acids is 1. The number of hydrogen-bond donors (Lipinski definition) is 1. The summed E-state index contributed by atoms with van der Waals surface area (Å²) in [6, 6.07) is 7.07. The molecule has 3 rings (SSSR count). The van der Waals surface area contributed by atoms with Crippen LogP contribution in [0.1, 0.15) is 76.0 Å². The third-order valence-corrected chi connectivity index (χ3v) is 6.70. The Morgan fingerprint density at radius 3 is 2.85 bits per heavy atom. The Bertz CT molecular complexity index is 711. The topological polar surface area (TPSA) is 58.9 Å². The van der Waals surface area contributed by atoms with Crippen molar-refractivity contribution in [3.63, 3.8) is 0 Å². The van der Waals surface area contributed by atoms with Crippen LogP contribution < -0.4 is 0 Å². The number of rotatable bonds is 5. The fourth-order valence-electron chi connectivity index (χ4n) is 5.32. The lowest BCUT2D eigenvalue weighted by molar-refractivity contribution is -0.142. The molecule has 3 atom stereocenters. The van der Waals surface area contributed by atoms with E-state index in [0.717, 1.165) is 25.7 Å². The molecule has 1 N–H and O–H groups in total. The highest BCUT2D eigenvalue weighted by molar-refractivity contribution is 5.69. The molecular weight excluding hydrogens is 326 g/mol. The second kappa shape index (κ2) is 7.05. The van der Waals surface area contributed by atoms with Crippen LogP contribution in [0.3, 0.4) is 0 Å². The largest absolute Gasteiger partial charge is 0.479 e. The molecule has 142 valence electrons. The summed E-state index contributed by atoms with van der Waals surface area (Å²) in [5.74, 6) is 0.0626. The van der Waals surface area contributed by atoms with Crippen molar-refractivity contribution in [2.24, 2.45) is 16.5 Å². The number of carboxylic acids is 1. The minimum Gasteiger partial charge on any atom is -0.479 e. The van der Waals surface area contributed by atoms with Crippen LogP contribution in [0.15, 0.2) is 23.4 Å². The number of aryl methyl sites for hydroxylation is 1. The van der Waals surface area contributed by atoms with E-state index in [-0.39, 0.29) is 17.4 Å². The average Bonchev–Trinajstić information content (AvgIpc) is 2.58. The highest BCUT2D eigenvalue weighted by Crippen LogP contribution is 2.56. The van der Waals surface area contributed by atoms with Gasteiger partial charge < -0.3 is 9.94 Å². The molecule has 4 heteroatoms. The van der Waals surface area contributed by atoms with Gasteiger partial charge in [0, 0.05) is 11.6 Å². The van der Waals surface area contributed by atoms with E-state index < -0.39 is 5.97 Å². The Labute approximate surface area is 156 Å². The van der Waals surface area contributed by atoms with Gasteiger partial charge in [-0.05, 0) is 59.6 Å². The Hall–Kier alpha value is -1.84. The molecular formula is C22H31NO3. The Kier molecular flexibility index (Phi) is 5.14. The molecule has 0 heterocycles. The van der Waals surface area contributed by atoms with Crippen molar-refractivity contribution in [3.05, 3.63) is 34.9 Å². The molecule has 0 saturated heterocycles. The summed E-state index contributed by atoms with van der Waals surface area (Å²) < 4.78 is 0. The first-order valence-electron chi connectivity index (χ1n) is 9.78. The van der Waals surface area contributed by atoms with E-state index in [1.807, 2.05) is 6.21 Å². The lowest BCUT2D eigenvalue weighted by Crippen LogP contribution is -2.49. The molecule has 1 unspecified atom stereocenters. The number of nitrogens with zero attached hydrogens (tertiary/aromatic N) is 1. The van der Waals surface area contributed by atoms with E-state index >= 15 is 0 Å². The van der Waals surface area contributed by atoms with Gasteiger partial charge in [-0.25, -0.2) is 4.79 Å². The molecule has 0 bridgehead atoms. The lowest BCUT2D eigenvalue weighted by Gasteiger charge is -2.54. The maximum absolute atomic E-state index is 10.6. The molecule has 4 nitrogen and oxygen atoms in total. The van der Waals surface area contributed by atoms with Gasteiger partial charge in [0.05, 0.1) is 0 Å². The van der Waals surface area contributed by atoms with Crippen molar-refractivity contribution in [1.29, 1.82) is 0 Å². The number of hydrogen-bond acceptors (Lipinski definition) is 3. The van der Waals surface area contributed by atoms with Gasteiger partial charge in [0.25, 0.3) is 0 Å². The van der Waals surface area contributed by atoms with E-state index in [1.54, 1.807) is 0 Å². The van der Waals surface area contributed by atoms with Crippen molar-refractivity contribution in [2.45, 2.75) is 71.1 Å². The van der Waals surface area contributed by atoms with Crippen molar-refractivity contribution < 1.29 is 14.7 Å². The summed E-state index contributed by atoms with van der Waals surface area (Å²) in [4.78, 5) is 15.6. The first kappa shape index (κ1) is 18.9. The molecule has 1 aromatic rings. The third-order valence-electron chi connectivity index (χ3n) is 6.70. The molecule has 0 spiro atoms. The fourth-order valence-corrected chi connectivity index (χ4v) is 5.32. The molecule has 1 fully saturated rings. The summed E-state index contributed by atoms with van der Waals surface area (Å²) >= 11 is 0. The van der Waals surface area contributed by atoms with Crippen LogP contribution in [0.5, 0.6) is 0 Å². The molecule has 0 radical (unpaired) electrons. The van der Waals surface area contributed by atoms with Gasteiger partial charge >= 0.3 is 5.97 Å². The van der Waals surface area contributed by atoms with Gasteiger partial charge in [0.1, 0.15) is 0 Å². The second-order valence-corrected chi connectivity index (χ2v) is 8.84. The molecule has 0 aromatic heterocycles. The van der Waals surface area contributed by atoms with E-state index in [0.29, 0.717) is 11.8 Å². The molecule has 1 aromatic carbocycles. The van der Waals surface area contributed by atoms with Crippen LogP contribution in [0.4, 0.5) is 0 Å². The van der Waals surface area contributed by atoms with Gasteiger partial charge in [0.2, 0.25) is 6.61 Å². The number of oxime groups is 1. The van der Waals surface area contributed by atoms with Gasteiger partial charge in [-0.1, -0.05) is 57.5 Å². The molecule has 0 aliphatic heterocycles. The van der Waals surface area contributed by atoms with Crippen LogP contribution in [-0.4, -0.2) is 23.9 Å². The van der Waals surface area contributed by atoms with E-state index in [9.17, 15) is 4.79 Å². The Morgan fingerprint density at radius 2 is 2.15 bits per heavy atom. The van der Waals surface area contributed by atoms with Crippen LogP contribution >= 0.6 is 0 Å². The standard InChI is InChI=1S/C22H31NO3/c1-15(2)16-6-8-18-17(12-16)7-9-19-21(3,10-5-11-22(18,19)4)14-23-26-13-20(24)25/h6,8,12,14-15,19H,5,7,9-11,13H2,1-4H3,(H,24,25)/t19?,21-,22-/m1/s1. The number of carbonyl (C=O) groups is 1. The van der Waals surface area contributed by atoms with Crippen LogP contribution in [0.2, 0.25) is 0 Å². The normalized spacial score (nSPS) is 30.9. The molecule has 2 aliphatic carbocycles. The maximum atomic E-state index is 10.6. The minimum absolute atomic E-state index is 0.0556. The minimum atomic E-state index is -0.992. The van der Waals surface area contributed by atoms with Crippen molar-refractivity contribution in [3.8, 4) is 0 Å². The monoisotopic (exact) mass is 357 g/mol. The quantitative estimate of drug-likeness (QED) is 0.602. The predicted molar refractivity (Wildman–Crippen MR) is 104 cm³/mol. The Morgan fingerprint density at radius 1 is 1.38 bits per heavy atom. The van der Waals surface area contributed by atoms with Gasteiger partial charge in [-0.3, -0.25) is 0 Å². The van der Waals surface area contributed by atoms with Gasteiger partial charge in [-0.2, -0.15) is 0 Å². The number of benzene rings is 1. The van der Waals surface area contributed by atoms with E-state index in [1.165, 1.54) is 23.1 Å². The lowest BCUT2D eigenvalue weighted by atomic mass is 9.50. The van der Waals surface area contributed by atoms with Crippen molar-refractivity contribution >= 4 is 12.2 Å². The first-order chi connectivity index (χ1) is 12.3. The van der Waals surface area contributed by atoms with Crippen LogP contribution in [-0.2, 0) is 21.5 Å². The molecule has 26 heavy (non-hydrogen) atoms. The zero-order valence-corrected chi connectivity index (χ0v) is 16.4. The number of carboxylic acid groups (broad SMARTS) is 1. The summed E-state index contributed by atoms with van der Waals surface area (Å²) in [7, 11) is 0. The SMILES string of the molecule is CC(C)c1ccc2c(c1)CCC1[C@@](C)(C=NOCC(=O)O)CCC[C@]21C. The summed E-state index contributed by atoms with van der Waals surface area (Å²) in [5, 5.41) is 12.7. The smallest absolute Gasteiger partial charge is 0.344 e. The van der Waals surface area contributed by atoms with Crippen molar-refractivity contribution in [2.75, 3.05) is 6.61 Å². The zero-order valence-electron chi connectivity index (χ0n) is 16.4. The summed E-state index contributed by atoms with van der Waals surface area (Å²) in [6.07, 6.45) is 7.56. The average molecular weight is 357 g/mol. The number of fused-ring (bicyclic) bond motifs is 3. The molecule has 1 saturated carbocycles. The van der Waals surface area contributed by atoms with Gasteiger partial charge in [0.15, 0.2) is 0 Å². The third kappa shape index (κ3) is 3.38. The summed E-state index contributed by atoms with van der Waals surface area (Å²) in [6.45, 7) is 8.79. The van der Waals surface area contributed by atoms with Crippen LogP contribution in [0.25, 0.3) is 0 Å². The fraction of sp³-hybridized carbons (Fsp3) is 0.636. The van der Waals surface area contributed by atoms with Crippen molar-refractivity contribution in [1.82, 2.24) is 0 Å². The van der Waals surface area contributed by atoms with E-state index in [2.05, 4.69) is 51.0 Å². The van der Waals surface area contributed by atoms with E-state index in [4.69, 9.17) is 9.94 Å². The highest BCUT2D eigenvalue weighted by Gasteiger charge is 2.51. The zero-order chi connectivity index (χ0) is 18.9. The predicted octanol–water partition coefficient (Wildman–Crippen LogP) is 4.91. The molecule has 0 amide bonds. The second-order valence-electron chi connectivity index (χ2n) is 8.84. The summed E-state index contributed by atoms with van der Waals surface area (Å²) in [5.41, 5.74) is 4.53. The van der Waals surface area contributed by atoms with Crippen LogP contribution in [0, 0.1) is 11.3 Å². The van der Waals surface area contributed by atoms with Gasteiger partial charge in [-0.15, -0.1) is 0 Å². The highest BCUT2D eigenvalue weighted by atomic mass is 16.6.